The van der Waals surface area contributed by atoms with E-state index in [4.69, 9.17) is 0 Å². The van der Waals surface area contributed by atoms with E-state index in [9.17, 15) is 19.7 Å². The molecular formula is C12H10N2O4S. The lowest BCUT2D eigenvalue weighted by Gasteiger charge is -2.08. The maximum Gasteiger partial charge on any atom is 0.288 e. The number of hydrogen-bond acceptors (Lipinski definition) is 5. The van der Waals surface area contributed by atoms with Crippen molar-refractivity contribution in [1.29, 1.82) is 0 Å². The molecule has 0 fully saturated rings. The number of carbonyl (C=O) groups excluding carboxylic acids is 1. The first kappa shape index (κ1) is 13.2. The summed E-state index contributed by atoms with van der Waals surface area (Å²) >= 11 is 1.27. The van der Waals surface area contributed by atoms with Gasteiger partial charge in [0, 0.05) is 12.1 Å². The number of hydrogen-bond donors (Lipinski definition) is 0. The predicted octanol–water partition coefficient (Wildman–Crippen LogP) is 2.01. The summed E-state index contributed by atoms with van der Waals surface area (Å²) in [6.45, 7) is 1.27. The average Bonchev–Trinajstić information content (AvgIpc) is 2.87. The lowest BCUT2D eigenvalue weighted by molar-refractivity contribution is -0.386. The van der Waals surface area contributed by atoms with Gasteiger partial charge < -0.3 is 0 Å². The first-order valence-corrected chi connectivity index (χ1v) is 6.30. The topological polar surface area (TPSA) is 82.2 Å². The summed E-state index contributed by atoms with van der Waals surface area (Å²) in [5.74, 6) is -0.235. The highest BCUT2D eigenvalue weighted by Gasteiger charge is 2.17. The van der Waals surface area contributed by atoms with Crippen LogP contribution in [0.3, 0.4) is 0 Å². The molecular weight excluding hydrogens is 268 g/mol. The molecule has 0 aliphatic rings. The number of carbonyl (C=O) groups is 1. The first-order chi connectivity index (χ1) is 9.00. The number of Topliss-reactive ketones (excluding diaryl/α,β-unsaturated/α-hetero) is 1. The van der Waals surface area contributed by atoms with Crippen molar-refractivity contribution in [3.8, 4) is 0 Å². The first-order valence-electron chi connectivity index (χ1n) is 5.42. The standard InChI is InChI=1S/C12H10N2O4S/c1-8-9(14(17)18)4-5-12(16)13(8)7-10(15)11-3-2-6-19-11/h2-6H,7H2,1H3. The van der Waals surface area contributed by atoms with Gasteiger partial charge in [0.1, 0.15) is 0 Å². The highest BCUT2D eigenvalue weighted by molar-refractivity contribution is 7.12. The van der Waals surface area contributed by atoms with Crippen LogP contribution in [0.5, 0.6) is 0 Å². The van der Waals surface area contributed by atoms with E-state index < -0.39 is 10.5 Å². The van der Waals surface area contributed by atoms with Crippen molar-refractivity contribution < 1.29 is 9.72 Å². The quantitative estimate of drug-likeness (QED) is 0.486. The molecule has 0 N–H and O–H groups in total. The Morgan fingerprint density at radius 3 is 2.74 bits per heavy atom. The summed E-state index contributed by atoms with van der Waals surface area (Å²) < 4.78 is 1.13. The fourth-order valence-electron chi connectivity index (χ4n) is 1.71. The lowest BCUT2D eigenvalue weighted by atomic mass is 10.2. The summed E-state index contributed by atoms with van der Waals surface area (Å²) in [4.78, 5) is 34.4. The maximum atomic E-state index is 11.9. The molecule has 2 heterocycles. The minimum Gasteiger partial charge on any atom is -0.299 e. The van der Waals surface area contributed by atoms with E-state index in [0.29, 0.717) is 4.88 Å². The molecule has 0 aliphatic carbocycles. The average molecular weight is 278 g/mol. The van der Waals surface area contributed by atoms with Crippen molar-refractivity contribution in [2.45, 2.75) is 13.5 Å². The third-order valence-electron chi connectivity index (χ3n) is 2.72. The Labute approximate surface area is 112 Å². The van der Waals surface area contributed by atoms with Gasteiger partial charge in [0.05, 0.1) is 22.0 Å². The molecule has 0 radical (unpaired) electrons. The normalized spacial score (nSPS) is 10.4. The van der Waals surface area contributed by atoms with Crippen LogP contribution in [0.15, 0.2) is 34.4 Å². The molecule has 0 unspecified atom stereocenters. The second-order valence-electron chi connectivity index (χ2n) is 3.89. The molecule has 2 rings (SSSR count). The largest absolute Gasteiger partial charge is 0.299 e. The van der Waals surface area contributed by atoms with Gasteiger partial charge in [-0.15, -0.1) is 11.3 Å². The van der Waals surface area contributed by atoms with Crippen LogP contribution in [0.1, 0.15) is 15.4 Å². The van der Waals surface area contributed by atoms with E-state index in [2.05, 4.69) is 0 Å². The molecule has 0 bridgehead atoms. The Kier molecular flexibility index (Phi) is 3.57. The fourth-order valence-corrected chi connectivity index (χ4v) is 2.37. The number of nitrogens with zero attached hydrogens (tertiary/aromatic N) is 2. The van der Waals surface area contributed by atoms with Gasteiger partial charge in [-0.25, -0.2) is 0 Å². The smallest absolute Gasteiger partial charge is 0.288 e. The highest BCUT2D eigenvalue weighted by atomic mass is 32.1. The minimum atomic E-state index is -0.569. The number of ketones is 1. The van der Waals surface area contributed by atoms with E-state index >= 15 is 0 Å². The van der Waals surface area contributed by atoms with E-state index in [0.717, 1.165) is 16.7 Å². The van der Waals surface area contributed by atoms with Crippen LogP contribution in [0.2, 0.25) is 0 Å². The molecule has 0 atom stereocenters. The van der Waals surface area contributed by atoms with Crippen molar-refractivity contribution in [1.82, 2.24) is 4.57 Å². The third-order valence-corrected chi connectivity index (χ3v) is 3.63. The molecule has 98 valence electrons. The number of rotatable bonds is 4. The second-order valence-corrected chi connectivity index (χ2v) is 4.83. The molecule has 0 amide bonds. The van der Waals surface area contributed by atoms with Gasteiger partial charge in [0.25, 0.3) is 11.2 Å². The molecule has 7 heteroatoms. The van der Waals surface area contributed by atoms with E-state index in [1.807, 2.05) is 0 Å². The van der Waals surface area contributed by atoms with Gasteiger partial charge in [0.15, 0.2) is 5.78 Å². The van der Waals surface area contributed by atoms with E-state index in [1.165, 1.54) is 18.3 Å². The monoisotopic (exact) mass is 278 g/mol. The Morgan fingerprint density at radius 2 is 2.16 bits per heavy atom. The van der Waals surface area contributed by atoms with Crippen molar-refractivity contribution in [3.63, 3.8) is 0 Å². The van der Waals surface area contributed by atoms with Gasteiger partial charge in [-0.2, -0.15) is 0 Å². The van der Waals surface area contributed by atoms with Crippen LogP contribution in [-0.2, 0) is 6.54 Å². The minimum absolute atomic E-state index is 0.168. The van der Waals surface area contributed by atoms with Crippen LogP contribution in [0.4, 0.5) is 5.69 Å². The zero-order valence-electron chi connectivity index (χ0n) is 10.0. The lowest BCUT2D eigenvalue weighted by Crippen LogP contribution is -2.26. The number of nitro groups is 1. The molecule has 0 saturated heterocycles. The summed E-state index contributed by atoms with van der Waals surface area (Å²) in [6, 6.07) is 5.66. The Morgan fingerprint density at radius 1 is 1.42 bits per heavy atom. The molecule has 6 nitrogen and oxygen atoms in total. The number of pyridine rings is 1. The van der Waals surface area contributed by atoms with Gasteiger partial charge >= 0.3 is 0 Å². The zero-order chi connectivity index (χ0) is 14.0. The van der Waals surface area contributed by atoms with Gasteiger partial charge in [-0.05, 0) is 18.4 Å². The highest BCUT2D eigenvalue weighted by Crippen LogP contribution is 2.16. The molecule has 0 aliphatic heterocycles. The van der Waals surface area contributed by atoms with Gasteiger partial charge in [-0.1, -0.05) is 6.07 Å². The summed E-state index contributed by atoms with van der Waals surface area (Å²) in [6.07, 6.45) is 0. The van der Waals surface area contributed by atoms with Crippen LogP contribution in [0.25, 0.3) is 0 Å². The summed E-state index contributed by atoms with van der Waals surface area (Å²) in [5, 5.41) is 12.6. The molecule has 0 aromatic carbocycles. The fraction of sp³-hybridized carbons (Fsp3) is 0.167. The molecule has 0 saturated carbocycles. The number of aromatic nitrogens is 1. The van der Waals surface area contributed by atoms with Crippen molar-refractivity contribution >= 4 is 22.8 Å². The van der Waals surface area contributed by atoms with Crippen LogP contribution in [0, 0.1) is 17.0 Å². The SMILES string of the molecule is Cc1c([N+](=O)[O-])ccc(=O)n1CC(=O)c1cccs1. The Hall–Kier alpha value is -2.28. The van der Waals surface area contributed by atoms with Crippen molar-refractivity contribution in [3.05, 3.63) is 60.7 Å². The van der Waals surface area contributed by atoms with Crippen LogP contribution >= 0.6 is 11.3 Å². The zero-order valence-corrected chi connectivity index (χ0v) is 10.8. The Balaban J connectivity index is 2.40. The van der Waals surface area contributed by atoms with Crippen molar-refractivity contribution in [2.24, 2.45) is 0 Å². The second kappa shape index (κ2) is 5.15. The molecule has 19 heavy (non-hydrogen) atoms. The van der Waals surface area contributed by atoms with E-state index in [1.54, 1.807) is 17.5 Å². The third kappa shape index (κ3) is 2.60. The maximum absolute atomic E-state index is 11.9. The van der Waals surface area contributed by atoms with Crippen molar-refractivity contribution in [2.75, 3.05) is 0 Å². The Bertz CT molecular complexity index is 688. The molecule has 2 aromatic heterocycles. The van der Waals surface area contributed by atoms with Gasteiger partial charge in [-0.3, -0.25) is 24.3 Å². The molecule has 2 aromatic rings. The molecule has 0 spiro atoms. The van der Waals surface area contributed by atoms with Gasteiger partial charge in [0.2, 0.25) is 0 Å². The number of thiophene rings is 1. The van der Waals surface area contributed by atoms with Crippen LogP contribution < -0.4 is 5.56 Å². The predicted molar refractivity (Wildman–Crippen MR) is 70.7 cm³/mol. The van der Waals surface area contributed by atoms with Crippen LogP contribution in [-0.4, -0.2) is 15.3 Å². The summed E-state index contributed by atoms with van der Waals surface area (Å²) in [7, 11) is 0. The summed E-state index contributed by atoms with van der Waals surface area (Å²) in [5.41, 5.74) is -0.408. The van der Waals surface area contributed by atoms with E-state index in [-0.39, 0.29) is 23.7 Å².